The van der Waals surface area contributed by atoms with E-state index in [0.29, 0.717) is 13.2 Å². The van der Waals surface area contributed by atoms with Gasteiger partial charge >= 0.3 is 5.97 Å². The smallest absolute Gasteiger partial charge is 0.307 e. The lowest BCUT2D eigenvalue weighted by Crippen LogP contribution is -2.27. The van der Waals surface area contributed by atoms with Gasteiger partial charge in [0.1, 0.15) is 5.75 Å². The van der Waals surface area contributed by atoms with E-state index in [1.807, 2.05) is 25.1 Å². The van der Waals surface area contributed by atoms with Gasteiger partial charge in [-0.05, 0) is 31.0 Å². The number of methoxy groups -OCH3 is 1. The van der Waals surface area contributed by atoms with Crippen LogP contribution in [0.2, 0.25) is 0 Å². The maximum atomic E-state index is 11.7. The molecule has 0 heterocycles. The SMILES string of the molecule is CCOC(=O)CCNC(=O)Cc1ccc(C)c(OC)c1. The van der Waals surface area contributed by atoms with Crippen LogP contribution in [0.25, 0.3) is 0 Å². The van der Waals surface area contributed by atoms with E-state index in [0.717, 1.165) is 16.9 Å². The molecule has 0 aliphatic carbocycles. The lowest BCUT2D eigenvalue weighted by Gasteiger charge is -2.08. The molecule has 0 bridgehead atoms. The maximum Gasteiger partial charge on any atom is 0.307 e. The van der Waals surface area contributed by atoms with E-state index in [-0.39, 0.29) is 24.7 Å². The van der Waals surface area contributed by atoms with Crippen molar-refractivity contribution in [3.05, 3.63) is 29.3 Å². The van der Waals surface area contributed by atoms with Crippen molar-refractivity contribution in [3.63, 3.8) is 0 Å². The molecule has 0 aliphatic heterocycles. The summed E-state index contributed by atoms with van der Waals surface area (Å²) in [5.74, 6) is 0.340. The Morgan fingerprint density at radius 2 is 2.05 bits per heavy atom. The molecule has 0 saturated heterocycles. The summed E-state index contributed by atoms with van der Waals surface area (Å²) in [7, 11) is 1.60. The van der Waals surface area contributed by atoms with Crippen LogP contribution in [0.1, 0.15) is 24.5 Å². The third kappa shape index (κ3) is 5.30. The summed E-state index contributed by atoms with van der Waals surface area (Å²) in [5, 5.41) is 2.69. The minimum Gasteiger partial charge on any atom is -0.496 e. The highest BCUT2D eigenvalue weighted by molar-refractivity contribution is 5.79. The third-order valence-electron chi connectivity index (χ3n) is 2.79. The van der Waals surface area contributed by atoms with Gasteiger partial charge in [-0.2, -0.15) is 0 Å². The number of hydrogen-bond acceptors (Lipinski definition) is 4. The van der Waals surface area contributed by atoms with Crippen LogP contribution in [-0.4, -0.2) is 32.1 Å². The molecule has 1 rings (SSSR count). The summed E-state index contributed by atoms with van der Waals surface area (Å²) in [6.07, 6.45) is 0.455. The van der Waals surface area contributed by atoms with Crippen LogP contribution in [0, 0.1) is 6.92 Å². The Kier molecular flexibility index (Phi) is 6.56. The molecule has 0 radical (unpaired) electrons. The summed E-state index contributed by atoms with van der Waals surface area (Å²) in [6, 6.07) is 5.66. The molecule has 0 unspecified atom stereocenters. The molecule has 110 valence electrons. The predicted octanol–water partition coefficient (Wildman–Crippen LogP) is 1.62. The molecule has 1 aromatic rings. The van der Waals surface area contributed by atoms with Gasteiger partial charge in [0.15, 0.2) is 0 Å². The summed E-state index contributed by atoms with van der Waals surface area (Å²) in [4.78, 5) is 22.8. The summed E-state index contributed by atoms with van der Waals surface area (Å²) in [5.41, 5.74) is 1.90. The number of esters is 1. The molecule has 20 heavy (non-hydrogen) atoms. The van der Waals surface area contributed by atoms with E-state index in [2.05, 4.69) is 5.32 Å². The van der Waals surface area contributed by atoms with E-state index in [4.69, 9.17) is 9.47 Å². The number of ether oxygens (including phenoxy) is 2. The van der Waals surface area contributed by atoms with Gasteiger partial charge in [0, 0.05) is 6.54 Å². The maximum absolute atomic E-state index is 11.7. The van der Waals surface area contributed by atoms with Crippen molar-refractivity contribution < 1.29 is 19.1 Å². The Balaban J connectivity index is 2.40. The van der Waals surface area contributed by atoms with Crippen molar-refractivity contribution in [1.82, 2.24) is 5.32 Å². The number of nitrogens with one attached hydrogen (secondary N) is 1. The van der Waals surface area contributed by atoms with Gasteiger partial charge in [0.2, 0.25) is 5.91 Å². The highest BCUT2D eigenvalue weighted by atomic mass is 16.5. The summed E-state index contributed by atoms with van der Waals surface area (Å²) >= 11 is 0. The molecule has 0 spiro atoms. The van der Waals surface area contributed by atoms with Crippen LogP contribution >= 0.6 is 0 Å². The Morgan fingerprint density at radius 1 is 1.30 bits per heavy atom. The van der Waals surface area contributed by atoms with Crippen molar-refractivity contribution in [2.75, 3.05) is 20.3 Å². The van der Waals surface area contributed by atoms with E-state index in [1.54, 1.807) is 14.0 Å². The standard InChI is InChI=1S/C15H21NO4/c1-4-20-15(18)7-8-16-14(17)10-12-6-5-11(2)13(9-12)19-3/h5-6,9H,4,7-8,10H2,1-3H3,(H,16,17). The fraction of sp³-hybridized carbons (Fsp3) is 0.467. The number of rotatable bonds is 7. The van der Waals surface area contributed by atoms with Crippen LogP contribution in [0.3, 0.4) is 0 Å². The van der Waals surface area contributed by atoms with Crippen LogP contribution in [0.5, 0.6) is 5.75 Å². The Morgan fingerprint density at radius 3 is 2.70 bits per heavy atom. The van der Waals surface area contributed by atoms with Crippen molar-refractivity contribution in [3.8, 4) is 5.75 Å². The molecular formula is C15H21NO4. The molecule has 5 heteroatoms. The minimum atomic E-state index is -0.301. The molecule has 1 amide bonds. The Hall–Kier alpha value is -2.04. The molecule has 0 atom stereocenters. The molecule has 0 aromatic heterocycles. The number of aryl methyl sites for hydroxylation is 1. The van der Waals surface area contributed by atoms with Gasteiger partial charge in [0.25, 0.3) is 0 Å². The fourth-order valence-electron chi connectivity index (χ4n) is 1.76. The first-order valence-corrected chi connectivity index (χ1v) is 6.62. The number of carbonyl (C=O) groups is 2. The normalized spacial score (nSPS) is 9.95. The van der Waals surface area contributed by atoms with Gasteiger partial charge < -0.3 is 14.8 Å². The van der Waals surface area contributed by atoms with Gasteiger partial charge in [-0.1, -0.05) is 12.1 Å². The van der Waals surface area contributed by atoms with E-state index in [9.17, 15) is 9.59 Å². The minimum absolute atomic E-state index is 0.125. The van der Waals surface area contributed by atoms with Crippen LogP contribution in [0.15, 0.2) is 18.2 Å². The van der Waals surface area contributed by atoms with Gasteiger partial charge in [-0.3, -0.25) is 9.59 Å². The van der Waals surface area contributed by atoms with Gasteiger partial charge in [0.05, 0.1) is 26.6 Å². The average molecular weight is 279 g/mol. The quantitative estimate of drug-likeness (QED) is 0.770. The van der Waals surface area contributed by atoms with E-state index < -0.39 is 0 Å². The first kappa shape index (κ1) is 16.0. The molecule has 0 saturated carbocycles. The number of hydrogen-bond donors (Lipinski definition) is 1. The number of benzene rings is 1. The molecule has 1 aromatic carbocycles. The van der Waals surface area contributed by atoms with Crippen molar-refractivity contribution >= 4 is 11.9 Å². The molecule has 5 nitrogen and oxygen atoms in total. The molecular weight excluding hydrogens is 258 g/mol. The fourth-order valence-corrected chi connectivity index (χ4v) is 1.76. The first-order valence-electron chi connectivity index (χ1n) is 6.62. The Labute approximate surface area is 119 Å². The second-order valence-electron chi connectivity index (χ2n) is 4.39. The van der Waals surface area contributed by atoms with Crippen molar-refractivity contribution in [2.24, 2.45) is 0 Å². The van der Waals surface area contributed by atoms with E-state index >= 15 is 0 Å². The molecule has 1 N–H and O–H groups in total. The zero-order valence-corrected chi connectivity index (χ0v) is 12.2. The molecule has 0 fully saturated rings. The first-order chi connectivity index (χ1) is 9.56. The van der Waals surface area contributed by atoms with Crippen LogP contribution in [-0.2, 0) is 20.7 Å². The van der Waals surface area contributed by atoms with Crippen LogP contribution < -0.4 is 10.1 Å². The monoisotopic (exact) mass is 279 g/mol. The lowest BCUT2D eigenvalue weighted by molar-refractivity contribution is -0.143. The second kappa shape index (κ2) is 8.19. The predicted molar refractivity (Wildman–Crippen MR) is 75.7 cm³/mol. The number of carbonyl (C=O) groups excluding carboxylic acids is 2. The van der Waals surface area contributed by atoms with Crippen molar-refractivity contribution in [2.45, 2.75) is 26.7 Å². The summed E-state index contributed by atoms with van der Waals surface area (Å²) < 4.78 is 9.99. The highest BCUT2D eigenvalue weighted by Gasteiger charge is 2.07. The van der Waals surface area contributed by atoms with E-state index in [1.165, 1.54) is 0 Å². The zero-order chi connectivity index (χ0) is 15.0. The zero-order valence-electron chi connectivity index (χ0n) is 12.2. The third-order valence-corrected chi connectivity index (χ3v) is 2.79. The van der Waals surface area contributed by atoms with Gasteiger partial charge in [-0.25, -0.2) is 0 Å². The van der Waals surface area contributed by atoms with Crippen LogP contribution in [0.4, 0.5) is 0 Å². The number of amides is 1. The highest BCUT2D eigenvalue weighted by Crippen LogP contribution is 2.19. The second-order valence-corrected chi connectivity index (χ2v) is 4.39. The average Bonchev–Trinajstić information content (AvgIpc) is 2.41. The van der Waals surface area contributed by atoms with Crippen molar-refractivity contribution in [1.29, 1.82) is 0 Å². The largest absolute Gasteiger partial charge is 0.496 e. The lowest BCUT2D eigenvalue weighted by atomic mass is 10.1. The topological polar surface area (TPSA) is 64.6 Å². The Bertz CT molecular complexity index is 471. The molecule has 0 aliphatic rings. The van der Waals surface area contributed by atoms with Gasteiger partial charge in [-0.15, -0.1) is 0 Å². The summed E-state index contributed by atoms with van der Waals surface area (Å²) in [6.45, 7) is 4.35.